The second-order valence-corrected chi connectivity index (χ2v) is 4.75. The lowest BCUT2D eigenvalue weighted by molar-refractivity contribution is 0.0892. The molecule has 0 aliphatic carbocycles. The molecule has 0 aromatic heterocycles. The average molecular weight is 169 g/mol. The molecule has 12 heavy (non-hydrogen) atoms. The first-order chi connectivity index (χ1) is 5.43. The molecule has 1 fully saturated rings. The van der Waals surface area contributed by atoms with Crippen LogP contribution >= 0.6 is 0 Å². The van der Waals surface area contributed by atoms with Gasteiger partial charge >= 0.3 is 0 Å². The molecule has 0 saturated carbocycles. The van der Waals surface area contributed by atoms with Gasteiger partial charge in [0, 0.05) is 11.6 Å². The van der Waals surface area contributed by atoms with Crippen LogP contribution in [0.15, 0.2) is 11.3 Å². The van der Waals surface area contributed by atoms with Crippen molar-refractivity contribution in [3.05, 3.63) is 11.3 Å². The van der Waals surface area contributed by atoms with Crippen LogP contribution in [-0.2, 0) is 4.84 Å². The minimum absolute atomic E-state index is 0.288. The Bertz CT molecular complexity index is 196. The highest BCUT2D eigenvalue weighted by Crippen LogP contribution is 2.35. The van der Waals surface area contributed by atoms with E-state index in [9.17, 15) is 0 Å². The largest absolute Gasteiger partial charge is 0.276 e. The summed E-state index contributed by atoms with van der Waals surface area (Å²) in [6.45, 7) is 11.8. The van der Waals surface area contributed by atoms with Crippen LogP contribution in [0.25, 0.3) is 0 Å². The van der Waals surface area contributed by atoms with Gasteiger partial charge in [0.2, 0.25) is 0 Å². The molecule has 1 rings (SSSR count). The van der Waals surface area contributed by atoms with Gasteiger partial charge in [0.15, 0.2) is 0 Å². The van der Waals surface area contributed by atoms with E-state index < -0.39 is 0 Å². The Morgan fingerprint density at radius 1 is 1.42 bits per heavy atom. The lowest BCUT2D eigenvalue weighted by Crippen LogP contribution is -2.23. The molecule has 1 saturated heterocycles. The molecule has 70 valence electrons. The fraction of sp³-hybridized carbons (Fsp3) is 0.800. The normalized spacial score (nSPS) is 24.1. The molecule has 0 bridgehead atoms. The number of hydrogen-bond acceptors (Lipinski definition) is 2. The third-order valence-corrected chi connectivity index (χ3v) is 2.36. The highest BCUT2D eigenvalue weighted by molar-refractivity contribution is 5.15. The van der Waals surface area contributed by atoms with Crippen molar-refractivity contribution in [1.82, 2.24) is 5.48 Å². The second kappa shape index (κ2) is 3.09. The monoisotopic (exact) mass is 169 g/mol. The van der Waals surface area contributed by atoms with Gasteiger partial charge in [-0.1, -0.05) is 26.3 Å². The zero-order valence-electron chi connectivity index (χ0n) is 8.69. The topological polar surface area (TPSA) is 21.3 Å². The van der Waals surface area contributed by atoms with Crippen LogP contribution in [0.4, 0.5) is 0 Å². The minimum atomic E-state index is 0.288. The third kappa shape index (κ3) is 1.81. The number of nitrogens with one attached hydrogen (secondary N) is 1. The van der Waals surface area contributed by atoms with E-state index in [2.05, 4.69) is 40.1 Å². The Kier molecular flexibility index (Phi) is 2.47. The molecule has 1 heterocycles. The summed E-state index contributed by atoms with van der Waals surface area (Å²) in [5.41, 5.74) is 5.87. The molecule has 2 heteroatoms. The van der Waals surface area contributed by atoms with Crippen LogP contribution in [0, 0.1) is 11.3 Å². The van der Waals surface area contributed by atoms with Crippen molar-refractivity contribution >= 4 is 0 Å². The van der Waals surface area contributed by atoms with Gasteiger partial charge < -0.3 is 0 Å². The molecule has 0 amide bonds. The molecule has 1 N–H and O–H groups in total. The van der Waals surface area contributed by atoms with E-state index in [0.717, 1.165) is 6.61 Å². The molecule has 1 unspecified atom stereocenters. The fourth-order valence-electron chi connectivity index (χ4n) is 1.49. The molecule has 0 spiro atoms. The summed E-state index contributed by atoms with van der Waals surface area (Å²) in [6.07, 6.45) is 0. The van der Waals surface area contributed by atoms with Crippen molar-refractivity contribution in [1.29, 1.82) is 0 Å². The SMILES string of the molecule is CC(C)=C1NOCC1C(C)(C)C. The first kappa shape index (κ1) is 9.59. The number of rotatable bonds is 0. The van der Waals surface area contributed by atoms with E-state index >= 15 is 0 Å². The maximum absolute atomic E-state index is 5.25. The zero-order chi connectivity index (χ0) is 9.35. The van der Waals surface area contributed by atoms with Crippen molar-refractivity contribution in [3.8, 4) is 0 Å². The molecule has 0 radical (unpaired) electrons. The fourth-order valence-corrected chi connectivity index (χ4v) is 1.49. The van der Waals surface area contributed by atoms with E-state index in [0.29, 0.717) is 5.92 Å². The molecule has 1 atom stereocenters. The number of allylic oxidation sites excluding steroid dienone is 1. The van der Waals surface area contributed by atoms with E-state index in [1.807, 2.05) is 0 Å². The number of hydrogen-bond donors (Lipinski definition) is 1. The molecule has 0 aromatic rings. The van der Waals surface area contributed by atoms with Crippen molar-refractivity contribution in [2.45, 2.75) is 34.6 Å². The summed E-state index contributed by atoms with van der Waals surface area (Å²) in [6, 6.07) is 0. The zero-order valence-corrected chi connectivity index (χ0v) is 8.69. The summed E-state index contributed by atoms with van der Waals surface area (Å²) < 4.78 is 0. The predicted octanol–water partition coefficient (Wildman–Crippen LogP) is 2.48. The van der Waals surface area contributed by atoms with Gasteiger partial charge in [0.1, 0.15) is 0 Å². The molecule has 0 aromatic carbocycles. The predicted molar refractivity (Wildman–Crippen MR) is 50.4 cm³/mol. The van der Waals surface area contributed by atoms with Crippen molar-refractivity contribution in [2.24, 2.45) is 11.3 Å². The Morgan fingerprint density at radius 3 is 2.33 bits per heavy atom. The van der Waals surface area contributed by atoms with E-state index in [1.165, 1.54) is 11.3 Å². The van der Waals surface area contributed by atoms with E-state index in [4.69, 9.17) is 4.84 Å². The molecular formula is C10H19NO. The smallest absolute Gasteiger partial charge is 0.0834 e. The summed E-state index contributed by atoms with van der Waals surface area (Å²) in [4.78, 5) is 5.25. The quantitative estimate of drug-likeness (QED) is 0.601. The van der Waals surface area contributed by atoms with Crippen LogP contribution in [0.5, 0.6) is 0 Å². The van der Waals surface area contributed by atoms with Gasteiger partial charge in [-0.05, 0) is 19.3 Å². The maximum Gasteiger partial charge on any atom is 0.0834 e. The van der Waals surface area contributed by atoms with Crippen LogP contribution < -0.4 is 5.48 Å². The Balaban J connectivity index is 2.86. The summed E-state index contributed by atoms with van der Waals surface area (Å²) in [5, 5.41) is 0. The summed E-state index contributed by atoms with van der Waals surface area (Å²) in [7, 11) is 0. The standard InChI is InChI=1S/C10H19NO/c1-7(2)9-8(6-12-11-9)10(3,4)5/h8,11H,6H2,1-5H3. The lowest BCUT2D eigenvalue weighted by atomic mass is 9.79. The minimum Gasteiger partial charge on any atom is -0.276 e. The highest BCUT2D eigenvalue weighted by Gasteiger charge is 2.33. The van der Waals surface area contributed by atoms with Crippen LogP contribution in [0.3, 0.4) is 0 Å². The van der Waals surface area contributed by atoms with Gasteiger partial charge in [-0.25, -0.2) is 0 Å². The second-order valence-electron chi connectivity index (χ2n) is 4.75. The Hall–Kier alpha value is -0.500. The van der Waals surface area contributed by atoms with Crippen molar-refractivity contribution in [3.63, 3.8) is 0 Å². The van der Waals surface area contributed by atoms with Crippen LogP contribution in [0.1, 0.15) is 34.6 Å². The third-order valence-electron chi connectivity index (χ3n) is 2.36. The summed E-state index contributed by atoms with van der Waals surface area (Å²) >= 11 is 0. The van der Waals surface area contributed by atoms with Gasteiger partial charge in [-0.3, -0.25) is 10.3 Å². The van der Waals surface area contributed by atoms with Crippen LogP contribution in [0.2, 0.25) is 0 Å². The first-order valence-corrected chi connectivity index (χ1v) is 4.48. The Labute approximate surface area is 74.9 Å². The van der Waals surface area contributed by atoms with Crippen molar-refractivity contribution in [2.75, 3.05) is 6.61 Å². The Morgan fingerprint density at radius 2 is 2.00 bits per heavy atom. The average Bonchev–Trinajstić information content (AvgIpc) is 2.30. The van der Waals surface area contributed by atoms with Crippen LogP contribution in [-0.4, -0.2) is 6.61 Å². The van der Waals surface area contributed by atoms with E-state index in [-0.39, 0.29) is 5.41 Å². The molecule has 1 aliphatic rings. The summed E-state index contributed by atoms with van der Waals surface area (Å²) in [5.74, 6) is 0.516. The molecular weight excluding hydrogens is 150 g/mol. The van der Waals surface area contributed by atoms with Crippen molar-refractivity contribution < 1.29 is 4.84 Å². The van der Waals surface area contributed by atoms with Gasteiger partial charge in [0.25, 0.3) is 0 Å². The number of hydroxylamine groups is 1. The van der Waals surface area contributed by atoms with Gasteiger partial charge in [0.05, 0.1) is 6.61 Å². The maximum atomic E-state index is 5.25. The van der Waals surface area contributed by atoms with E-state index in [1.54, 1.807) is 0 Å². The molecule has 2 nitrogen and oxygen atoms in total. The molecule has 1 aliphatic heterocycles. The lowest BCUT2D eigenvalue weighted by Gasteiger charge is -2.26. The van der Waals surface area contributed by atoms with Gasteiger partial charge in [-0.15, -0.1) is 0 Å². The first-order valence-electron chi connectivity index (χ1n) is 4.48. The highest BCUT2D eigenvalue weighted by atomic mass is 16.7. The van der Waals surface area contributed by atoms with Gasteiger partial charge in [-0.2, -0.15) is 0 Å².